The minimum atomic E-state index is 0.818. The van der Waals surface area contributed by atoms with Gasteiger partial charge in [-0.1, -0.05) is 146 Å². The normalized spacial score (nSPS) is 11.6. The van der Waals surface area contributed by atoms with E-state index in [1.54, 1.807) is 0 Å². The summed E-state index contributed by atoms with van der Waals surface area (Å²) >= 11 is 0. The van der Waals surface area contributed by atoms with Crippen molar-refractivity contribution in [3.63, 3.8) is 0 Å². The highest BCUT2D eigenvalue weighted by molar-refractivity contribution is 6.25. The first-order valence-electron chi connectivity index (χ1n) is 18.8. The standard InChI is InChI=1S/C53H33NO/c1-2-21-46-44(19-1)45-20-3-4-22-47(45)50-33-41(25-26-48(46)50)39-16-9-14-37(31-39)35-12-7-11-34(29-35)36-13-8-15-38(30-36)40-17-10-18-42(32-40)43-27-28-54-52-49-23-5-6-24-51(49)55-53(43)52/h1-33H. The van der Waals surface area contributed by atoms with Crippen molar-refractivity contribution in [1.82, 2.24) is 4.98 Å². The molecule has 0 aliphatic heterocycles. The van der Waals surface area contributed by atoms with E-state index < -0.39 is 0 Å². The van der Waals surface area contributed by atoms with Gasteiger partial charge in [-0.05, 0) is 131 Å². The van der Waals surface area contributed by atoms with Crippen molar-refractivity contribution in [2.45, 2.75) is 0 Å². The van der Waals surface area contributed by atoms with Crippen molar-refractivity contribution in [2.24, 2.45) is 0 Å². The van der Waals surface area contributed by atoms with Crippen LogP contribution >= 0.6 is 0 Å². The summed E-state index contributed by atoms with van der Waals surface area (Å²) in [6.07, 6.45) is 1.88. The van der Waals surface area contributed by atoms with E-state index in [2.05, 4.69) is 175 Å². The average molecular weight is 700 g/mol. The Kier molecular flexibility index (Phi) is 7.21. The van der Waals surface area contributed by atoms with Crippen molar-refractivity contribution < 1.29 is 4.42 Å². The summed E-state index contributed by atoms with van der Waals surface area (Å²) in [6, 6.07) is 70.0. The predicted octanol–water partition coefficient (Wildman–Crippen LogP) is 14.8. The molecule has 11 rings (SSSR count). The number of aromatic nitrogens is 1. The SMILES string of the molecule is c1cc(-c2cccc(-c3cccc(-c4ccnc5c4oc4ccccc45)c3)c2)cc(-c2cccc(-c3ccc4c5ccccc5c5ccccc5c4c3)c2)c1. The van der Waals surface area contributed by atoms with Crippen LogP contribution in [0.15, 0.2) is 205 Å². The Morgan fingerprint density at radius 2 is 0.691 bits per heavy atom. The number of hydrogen-bond acceptors (Lipinski definition) is 2. The van der Waals surface area contributed by atoms with E-state index >= 15 is 0 Å². The second-order valence-corrected chi connectivity index (χ2v) is 14.3. The number of fused-ring (bicyclic) bond motifs is 9. The number of hydrogen-bond donors (Lipinski definition) is 0. The summed E-state index contributed by atoms with van der Waals surface area (Å²) < 4.78 is 6.32. The minimum Gasteiger partial charge on any atom is -0.454 e. The maximum absolute atomic E-state index is 6.32. The fourth-order valence-corrected chi connectivity index (χ4v) is 8.42. The molecule has 2 nitrogen and oxygen atoms in total. The number of furan rings is 1. The minimum absolute atomic E-state index is 0.818. The molecule has 0 spiro atoms. The van der Waals surface area contributed by atoms with Crippen molar-refractivity contribution >= 4 is 54.4 Å². The number of para-hydroxylation sites is 1. The molecule has 0 atom stereocenters. The molecule has 55 heavy (non-hydrogen) atoms. The highest BCUT2D eigenvalue weighted by atomic mass is 16.3. The molecule has 2 heteroatoms. The summed E-state index contributed by atoms with van der Waals surface area (Å²) in [6.45, 7) is 0. The third kappa shape index (κ3) is 5.30. The lowest BCUT2D eigenvalue weighted by Gasteiger charge is -2.13. The average Bonchev–Trinajstić information content (AvgIpc) is 3.66. The van der Waals surface area contributed by atoms with Crippen LogP contribution < -0.4 is 0 Å². The molecule has 0 saturated carbocycles. The van der Waals surface area contributed by atoms with Crippen LogP contribution in [0.5, 0.6) is 0 Å². The Hall–Kier alpha value is -7.29. The van der Waals surface area contributed by atoms with Gasteiger partial charge in [0.1, 0.15) is 11.1 Å². The molecule has 0 amide bonds. The molecular formula is C53H33NO. The van der Waals surface area contributed by atoms with Gasteiger partial charge in [0.15, 0.2) is 5.58 Å². The van der Waals surface area contributed by atoms with Crippen LogP contribution in [0.2, 0.25) is 0 Å². The molecule has 9 aromatic carbocycles. The molecule has 11 aromatic rings. The van der Waals surface area contributed by atoms with Gasteiger partial charge in [0.05, 0.1) is 0 Å². The van der Waals surface area contributed by atoms with E-state index in [-0.39, 0.29) is 0 Å². The zero-order valence-electron chi connectivity index (χ0n) is 29.9. The van der Waals surface area contributed by atoms with Crippen molar-refractivity contribution in [1.29, 1.82) is 0 Å². The van der Waals surface area contributed by atoms with Gasteiger partial charge in [-0.25, -0.2) is 0 Å². The summed E-state index contributed by atoms with van der Waals surface area (Å²) in [5.41, 5.74) is 14.2. The van der Waals surface area contributed by atoms with Crippen molar-refractivity contribution in [3.05, 3.63) is 200 Å². The Morgan fingerprint density at radius 3 is 1.22 bits per heavy atom. The van der Waals surface area contributed by atoms with Gasteiger partial charge in [-0.2, -0.15) is 0 Å². The lowest BCUT2D eigenvalue weighted by molar-refractivity contribution is 0.669. The molecule has 0 fully saturated rings. The first-order valence-corrected chi connectivity index (χ1v) is 18.8. The van der Waals surface area contributed by atoms with E-state index in [1.807, 2.05) is 30.5 Å². The third-order valence-corrected chi connectivity index (χ3v) is 11.1. The van der Waals surface area contributed by atoms with E-state index in [4.69, 9.17) is 4.42 Å². The summed E-state index contributed by atoms with van der Waals surface area (Å²) in [5, 5.41) is 8.79. The second kappa shape index (κ2) is 12.7. The predicted molar refractivity (Wildman–Crippen MR) is 231 cm³/mol. The van der Waals surface area contributed by atoms with Crippen molar-refractivity contribution in [3.8, 4) is 55.6 Å². The molecule has 0 saturated heterocycles. The topological polar surface area (TPSA) is 26.0 Å². The van der Waals surface area contributed by atoms with Crippen LogP contribution in [0.1, 0.15) is 0 Å². The third-order valence-electron chi connectivity index (χ3n) is 11.1. The highest BCUT2D eigenvalue weighted by Gasteiger charge is 2.15. The van der Waals surface area contributed by atoms with Crippen LogP contribution in [-0.4, -0.2) is 4.98 Å². The van der Waals surface area contributed by atoms with Crippen LogP contribution in [0.4, 0.5) is 0 Å². The molecule has 0 unspecified atom stereocenters. The van der Waals surface area contributed by atoms with E-state index in [0.717, 1.165) is 38.8 Å². The quantitative estimate of drug-likeness (QED) is 0.167. The molecule has 0 bridgehead atoms. The van der Waals surface area contributed by atoms with Gasteiger partial charge in [0, 0.05) is 17.1 Å². The fourth-order valence-electron chi connectivity index (χ4n) is 8.42. The lowest BCUT2D eigenvalue weighted by atomic mass is 9.91. The van der Waals surface area contributed by atoms with Gasteiger partial charge in [0.2, 0.25) is 0 Å². The largest absolute Gasteiger partial charge is 0.454 e. The molecule has 2 heterocycles. The van der Waals surface area contributed by atoms with E-state index in [9.17, 15) is 0 Å². The zero-order chi connectivity index (χ0) is 36.3. The monoisotopic (exact) mass is 699 g/mol. The molecule has 0 N–H and O–H groups in total. The Bertz CT molecular complexity index is 3240. The Labute approximate surface area is 318 Å². The maximum Gasteiger partial charge on any atom is 0.161 e. The Morgan fingerprint density at radius 1 is 0.291 bits per heavy atom. The summed E-state index contributed by atoms with van der Waals surface area (Å²) in [7, 11) is 0. The van der Waals surface area contributed by atoms with Crippen LogP contribution in [-0.2, 0) is 0 Å². The lowest BCUT2D eigenvalue weighted by Crippen LogP contribution is -1.87. The van der Waals surface area contributed by atoms with Gasteiger partial charge in [-0.15, -0.1) is 0 Å². The molecule has 0 aliphatic carbocycles. The van der Waals surface area contributed by atoms with Crippen molar-refractivity contribution in [2.75, 3.05) is 0 Å². The van der Waals surface area contributed by atoms with Crippen LogP contribution in [0.3, 0.4) is 0 Å². The number of rotatable bonds is 5. The zero-order valence-corrected chi connectivity index (χ0v) is 29.9. The highest BCUT2D eigenvalue weighted by Crippen LogP contribution is 2.39. The Balaban J connectivity index is 0.936. The summed E-state index contributed by atoms with van der Waals surface area (Å²) in [4.78, 5) is 4.67. The van der Waals surface area contributed by atoms with Crippen LogP contribution in [0.25, 0.3) is 110 Å². The van der Waals surface area contributed by atoms with Crippen LogP contribution in [0, 0.1) is 0 Å². The first-order chi connectivity index (χ1) is 27.2. The van der Waals surface area contributed by atoms with Gasteiger partial charge in [-0.3, -0.25) is 4.98 Å². The number of pyridine rings is 1. The number of benzene rings is 9. The molecule has 2 aromatic heterocycles. The van der Waals surface area contributed by atoms with E-state index in [0.29, 0.717) is 0 Å². The van der Waals surface area contributed by atoms with Gasteiger partial charge >= 0.3 is 0 Å². The molecule has 256 valence electrons. The van der Waals surface area contributed by atoms with E-state index in [1.165, 1.54) is 71.3 Å². The molecule has 0 aliphatic rings. The fraction of sp³-hybridized carbons (Fsp3) is 0. The maximum atomic E-state index is 6.32. The van der Waals surface area contributed by atoms with Gasteiger partial charge in [0.25, 0.3) is 0 Å². The van der Waals surface area contributed by atoms with Gasteiger partial charge < -0.3 is 4.42 Å². The number of nitrogens with zero attached hydrogens (tertiary/aromatic N) is 1. The first kappa shape index (κ1) is 31.3. The molecule has 0 radical (unpaired) electrons. The molecular weight excluding hydrogens is 667 g/mol. The smallest absolute Gasteiger partial charge is 0.161 e. The summed E-state index contributed by atoms with van der Waals surface area (Å²) in [5.74, 6) is 0. The second-order valence-electron chi connectivity index (χ2n) is 14.3.